The molecular weight excluding hydrogens is 422 g/mol. The summed E-state index contributed by atoms with van der Waals surface area (Å²) in [7, 11) is 0. The van der Waals surface area contributed by atoms with Gasteiger partial charge in [-0.05, 0) is 56.0 Å². The van der Waals surface area contributed by atoms with Gasteiger partial charge < -0.3 is 14.1 Å². The number of nitrogens with one attached hydrogen (secondary N) is 2. The summed E-state index contributed by atoms with van der Waals surface area (Å²) in [6, 6.07) is 6.96. The molecule has 0 aliphatic carbocycles. The van der Waals surface area contributed by atoms with E-state index in [4.69, 9.17) is 20.8 Å². The largest absolute Gasteiger partial charge is 0.493 e. The Labute approximate surface area is 185 Å². The number of halogens is 1. The fourth-order valence-corrected chi connectivity index (χ4v) is 3.66. The van der Waals surface area contributed by atoms with E-state index in [1.165, 1.54) is 12.5 Å². The molecule has 8 nitrogen and oxygen atoms in total. The van der Waals surface area contributed by atoms with Crippen LogP contribution < -0.4 is 15.6 Å². The Morgan fingerprint density at radius 2 is 2.10 bits per heavy atom. The molecule has 166 valence electrons. The molecule has 9 heteroatoms. The van der Waals surface area contributed by atoms with Crippen molar-refractivity contribution in [2.75, 3.05) is 19.7 Å². The van der Waals surface area contributed by atoms with Gasteiger partial charge in [-0.3, -0.25) is 25.2 Å². The monoisotopic (exact) mass is 447 g/mol. The quantitative estimate of drug-likeness (QED) is 0.501. The molecule has 0 spiro atoms. The molecule has 1 aromatic heterocycles. The number of hydrazine groups is 1. The van der Waals surface area contributed by atoms with E-state index in [-0.39, 0.29) is 30.1 Å². The van der Waals surface area contributed by atoms with Crippen LogP contribution in [0.25, 0.3) is 0 Å². The van der Waals surface area contributed by atoms with Crippen LogP contribution in [0.4, 0.5) is 0 Å². The SMILES string of the molecule is Cc1cc(Cl)ccc1OCCCC(=O)NNC(=O)C1CCCN(C(=O)c2ccoc2)C1. The van der Waals surface area contributed by atoms with Crippen LogP contribution in [0, 0.1) is 12.8 Å². The number of hydrogen-bond donors (Lipinski definition) is 2. The minimum absolute atomic E-state index is 0.161. The molecule has 1 fully saturated rings. The first kappa shape index (κ1) is 22.7. The Kier molecular flexibility index (Phi) is 7.94. The van der Waals surface area contributed by atoms with Crippen molar-refractivity contribution in [1.82, 2.24) is 15.8 Å². The second kappa shape index (κ2) is 10.9. The zero-order valence-corrected chi connectivity index (χ0v) is 18.1. The van der Waals surface area contributed by atoms with E-state index in [1.54, 1.807) is 23.1 Å². The first-order valence-electron chi connectivity index (χ1n) is 10.2. The van der Waals surface area contributed by atoms with Crippen molar-refractivity contribution in [1.29, 1.82) is 0 Å². The second-order valence-electron chi connectivity index (χ2n) is 7.50. The second-order valence-corrected chi connectivity index (χ2v) is 7.94. The normalized spacial score (nSPS) is 15.9. The number of furan rings is 1. The van der Waals surface area contributed by atoms with Gasteiger partial charge in [0, 0.05) is 24.5 Å². The van der Waals surface area contributed by atoms with E-state index in [0.717, 1.165) is 17.7 Å². The van der Waals surface area contributed by atoms with Crippen LogP contribution in [0.5, 0.6) is 5.75 Å². The van der Waals surface area contributed by atoms with Gasteiger partial charge in [0.15, 0.2) is 0 Å². The molecule has 1 aliphatic heterocycles. The van der Waals surface area contributed by atoms with Gasteiger partial charge in [-0.2, -0.15) is 0 Å². The maximum absolute atomic E-state index is 12.4. The van der Waals surface area contributed by atoms with Crippen molar-refractivity contribution in [2.45, 2.75) is 32.6 Å². The highest BCUT2D eigenvalue weighted by Crippen LogP contribution is 2.22. The van der Waals surface area contributed by atoms with Crippen LogP contribution in [0.15, 0.2) is 41.2 Å². The van der Waals surface area contributed by atoms with Crippen molar-refractivity contribution >= 4 is 29.3 Å². The van der Waals surface area contributed by atoms with E-state index in [0.29, 0.717) is 43.1 Å². The average molecular weight is 448 g/mol. The predicted molar refractivity (Wildman–Crippen MR) is 115 cm³/mol. The Morgan fingerprint density at radius 1 is 1.26 bits per heavy atom. The lowest BCUT2D eigenvalue weighted by atomic mass is 9.97. The third-order valence-corrected chi connectivity index (χ3v) is 5.35. The van der Waals surface area contributed by atoms with Crippen LogP contribution in [-0.4, -0.2) is 42.3 Å². The Balaban J connectivity index is 1.35. The maximum Gasteiger partial charge on any atom is 0.257 e. The molecule has 2 aromatic rings. The summed E-state index contributed by atoms with van der Waals surface area (Å²) in [6.45, 7) is 3.17. The van der Waals surface area contributed by atoms with Crippen LogP contribution in [-0.2, 0) is 9.59 Å². The molecule has 1 unspecified atom stereocenters. The van der Waals surface area contributed by atoms with Crippen molar-refractivity contribution in [3.8, 4) is 5.75 Å². The molecule has 1 saturated heterocycles. The minimum atomic E-state index is -0.374. The number of rotatable bonds is 7. The van der Waals surface area contributed by atoms with E-state index in [9.17, 15) is 14.4 Å². The lowest BCUT2D eigenvalue weighted by molar-refractivity contribution is -0.132. The highest BCUT2D eigenvalue weighted by atomic mass is 35.5. The van der Waals surface area contributed by atoms with Gasteiger partial charge in [0.05, 0.1) is 24.4 Å². The first-order valence-corrected chi connectivity index (χ1v) is 10.6. The molecule has 2 heterocycles. The van der Waals surface area contributed by atoms with E-state index in [1.807, 2.05) is 13.0 Å². The lowest BCUT2D eigenvalue weighted by Gasteiger charge is -2.31. The zero-order chi connectivity index (χ0) is 22.2. The fraction of sp³-hybridized carbons (Fsp3) is 0.409. The van der Waals surface area contributed by atoms with Crippen LogP contribution in [0.2, 0.25) is 5.02 Å². The number of hydrogen-bond acceptors (Lipinski definition) is 5. The molecule has 0 radical (unpaired) electrons. The van der Waals surface area contributed by atoms with Gasteiger partial charge in [-0.1, -0.05) is 11.6 Å². The number of carbonyl (C=O) groups is 3. The summed E-state index contributed by atoms with van der Waals surface area (Å²) < 4.78 is 10.6. The van der Waals surface area contributed by atoms with Crippen LogP contribution in [0.1, 0.15) is 41.6 Å². The number of piperidine rings is 1. The molecule has 1 atom stereocenters. The number of carbonyl (C=O) groups excluding carboxylic acids is 3. The average Bonchev–Trinajstić information content (AvgIpc) is 3.30. The molecule has 2 N–H and O–H groups in total. The summed E-state index contributed by atoms with van der Waals surface area (Å²) in [4.78, 5) is 38.5. The van der Waals surface area contributed by atoms with Gasteiger partial charge >= 0.3 is 0 Å². The fourth-order valence-electron chi connectivity index (χ4n) is 3.43. The summed E-state index contributed by atoms with van der Waals surface area (Å²) in [5, 5.41) is 0.645. The topological polar surface area (TPSA) is 101 Å². The minimum Gasteiger partial charge on any atom is -0.493 e. The van der Waals surface area contributed by atoms with Crippen LogP contribution >= 0.6 is 11.6 Å². The van der Waals surface area contributed by atoms with Gasteiger partial charge in [-0.25, -0.2) is 0 Å². The van der Waals surface area contributed by atoms with Gasteiger partial charge in [0.25, 0.3) is 5.91 Å². The number of benzene rings is 1. The molecule has 1 aromatic carbocycles. The highest BCUT2D eigenvalue weighted by Gasteiger charge is 2.29. The molecule has 3 rings (SSSR count). The highest BCUT2D eigenvalue weighted by molar-refractivity contribution is 6.30. The molecule has 0 saturated carbocycles. The number of likely N-dealkylation sites (tertiary alicyclic amines) is 1. The summed E-state index contributed by atoms with van der Waals surface area (Å²) in [6.07, 6.45) is 4.92. The zero-order valence-electron chi connectivity index (χ0n) is 17.4. The summed E-state index contributed by atoms with van der Waals surface area (Å²) in [5.74, 6) is -0.407. The third kappa shape index (κ3) is 6.49. The Bertz CT molecular complexity index is 916. The van der Waals surface area contributed by atoms with Crippen molar-refractivity contribution in [3.05, 3.63) is 52.9 Å². The van der Waals surface area contributed by atoms with E-state index >= 15 is 0 Å². The lowest BCUT2D eigenvalue weighted by Crippen LogP contribution is -2.50. The molecule has 0 bridgehead atoms. The van der Waals surface area contributed by atoms with Crippen molar-refractivity contribution in [3.63, 3.8) is 0 Å². The molecule has 31 heavy (non-hydrogen) atoms. The summed E-state index contributed by atoms with van der Waals surface area (Å²) in [5.41, 5.74) is 6.30. The predicted octanol–water partition coefficient (Wildman–Crippen LogP) is 3.10. The van der Waals surface area contributed by atoms with Crippen molar-refractivity contribution < 1.29 is 23.5 Å². The van der Waals surface area contributed by atoms with Crippen molar-refractivity contribution in [2.24, 2.45) is 5.92 Å². The maximum atomic E-state index is 12.4. The summed E-state index contributed by atoms with van der Waals surface area (Å²) >= 11 is 5.92. The Hall–Kier alpha value is -3.00. The number of ether oxygens (including phenoxy) is 1. The molecule has 1 aliphatic rings. The van der Waals surface area contributed by atoms with E-state index < -0.39 is 0 Å². The van der Waals surface area contributed by atoms with Gasteiger partial charge in [0.2, 0.25) is 11.8 Å². The smallest absolute Gasteiger partial charge is 0.257 e. The van der Waals surface area contributed by atoms with E-state index in [2.05, 4.69) is 10.9 Å². The third-order valence-electron chi connectivity index (χ3n) is 5.12. The Morgan fingerprint density at radius 3 is 2.84 bits per heavy atom. The molecular formula is C22H26ClN3O5. The first-order chi connectivity index (χ1) is 14.9. The number of nitrogens with zero attached hydrogens (tertiary/aromatic N) is 1. The number of aryl methyl sites for hydroxylation is 1. The standard InChI is InChI=1S/C22H26ClN3O5/c1-15-12-18(23)6-7-19(15)31-10-3-5-20(27)24-25-21(28)16-4-2-9-26(13-16)22(29)17-8-11-30-14-17/h6-8,11-12,14,16H,2-5,9-10,13H2,1H3,(H,24,27)(H,25,28). The molecule has 3 amide bonds. The van der Waals surface area contributed by atoms with Gasteiger partial charge in [0.1, 0.15) is 12.0 Å². The van der Waals surface area contributed by atoms with Gasteiger partial charge in [-0.15, -0.1) is 0 Å². The van der Waals surface area contributed by atoms with Crippen LogP contribution in [0.3, 0.4) is 0 Å². The number of amides is 3.